The van der Waals surface area contributed by atoms with Crippen LogP contribution in [-0.2, 0) is 16.1 Å². The standard InChI is InChI=1S/C34H46N4O5.C9H18.C2H7N.C2H6/c1-23(35-15-14-25-10-7-6-8-11-25)27-16-28(18-29(17-27)38(3)4)30-13-9-12-26(34(30)43-5)19-37-32(22-40)31(21-39)33(42)20-36-24(2)41;1-8-5-4-6-9(2,3)7-8;1-3-2;1-2/h7,9-13,16-18,22,31-33,35,37,39,42H,1,6,8,14-15,19-21H2,2-5H3,(H,36,41);8H,4-7H2,1-3H3;3H,1-2H3;1-2H3. The second kappa shape index (κ2) is 27.6. The van der Waals surface area contributed by atoms with Gasteiger partial charge in [-0.15, -0.1) is 0 Å². The summed E-state index contributed by atoms with van der Waals surface area (Å²) in [6, 6.07) is 11.3. The lowest BCUT2D eigenvalue weighted by atomic mass is 9.73. The van der Waals surface area contributed by atoms with Gasteiger partial charge in [0.05, 0.1) is 25.9 Å². The number of hydrogen-bond acceptors (Lipinski definition) is 9. The Hall–Kier alpha value is -3.96. The first-order valence-corrected chi connectivity index (χ1v) is 20.8. The third kappa shape index (κ3) is 18.5. The average Bonchev–Trinajstić information content (AvgIpc) is 3.19. The Labute approximate surface area is 345 Å². The van der Waals surface area contributed by atoms with Crippen molar-refractivity contribution < 1.29 is 24.5 Å². The van der Waals surface area contributed by atoms with Crippen LogP contribution >= 0.6 is 0 Å². The van der Waals surface area contributed by atoms with Gasteiger partial charge in [-0.05, 0) is 86.9 Å². The lowest BCUT2D eigenvalue weighted by molar-refractivity contribution is -0.119. The number of methoxy groups -OCH3 is 1. The van der Waals surface area contributed by atoms with E-state index in [1.54, 1.807) is 7.11 Å². The van der Waals surface area contributed by atoms with E-state index in [2.05, 4.69) is 85.0 Å². The average molecular weight is 792 g/mol. The van der Waals surface area contributed by atoms with Crippen LogP contribution in [0.3, 0.4) is 0 Å². The normalized spacial score (nSPS) is 16.9. The van der Waals surface area contributed by atoms with Crippen LogP contribution in [-0.4, -0.2) is 89.5 Å². The first kappa shape index (κ1) is 51.1. The van der Waals surface area contributed by atoms with Crippen LogP contribution < -0.4 is 30.9 Å². The van der Waals surface area contributed by atoms with Gasteiger partial charge < -0.3 is 45.9 Å². The van der Waals surface area contributed by atoms with Gasteiger partial charge in [-0.3, -0.25) is 4.79 Å². The van der Waals surface area contributed by atoms with E-state index < -0.39 is 24.7 Å². The highest BCUT2D eigenvalue weighted by Crippen LogP contribution is 2.38. The topological polar surface area (TPSA) is 135 Å². The molecule has 0 aliphatic heterocycles. The zero-order valence-corrected chi connectivity index (χ0v) is 37.1. The van der Waals surface area contributed by atoms with Crippen molar-refractivity contribution in [1.29, 1.82) is 0 Å². The number of anilines is 1. The Morgan fingerprint density at radius 1 is 1.12 bits per heavy atom. The number of ether oxygens (including phenoxy) is 1. The Kier molecular flexibility index (Phi) is 24.8. The maximum absolute atomic E-state index is 12.0. The van der Waals surface area contributed by atoms with E-state index in [4.69, 9.17) is 4.74 Å². The second-order valence-electron chi connectivity index (χ2n) is 15.8. The molecule has 2 aliphatic rings. The van der Waals surface area contributed by atoms with Gasteiger partial charge in [0.25, 0.3) is 0 Å². The fraction of sp³-hybridized carbons (Fsp3) is 0.574. The van der Waals surface area contributed by atoms with Gasteiger partial charge in [0, 0.05) is 69.1 Å². The van der Waals surface area contributed by atoms with Crippen LogP contribution in [0.1, 0.15) is 97.6 Å². The SMILES string of the molecule is C=C(NCCC1=CCCC=C1)c1cc(-c2cccc(CNC(C=O)C(CO)C(O)CNC(C)=O)c2OC)cc(N(C)C)c1.CC.CC1CCCC(C)(C)C1.CNC. The Morgan fingerprint density at radius 2 is 1.82 bits per heavy atom. The highest BCUT2D eigenvalue weighted by Gasteiger charge is 2.28. The van der Waals surface area contributed by atoms with E-state index in [1.807, 2.05) is 65.1 Å². The number of nitrogens with zero attached hydrogens (tertiary/aromatic N) is 1. The summed E-state index contributed by atoms with van der Waals surface area (Å²) in [7, 11) is 9.35. The summed E-state index contributed by atoms with van der Waals surface area (Å²) in [5, 5.41) is 32.3. The molecule has 57 heavy (non-hydrogen) atoms. The summed E-state index contributed by atoms with van der Waals surface area (Å²) < 4.78 is 5.89. The van der Waals surface area contributed by atoms with E-state index in [1.165, 1.54) is 38.2 Å². The fourth-order valence-corrected chi connectivity index (χ4v) is 7.18. The van der Waals surface area contributed by atoms with E-state index in [0.29, 0.717) is 17.5 Å². The van der Waals surface area contributed by atoms with Crippen molar-refractivity contribution in [3.63, 3.8) is 0 Å². The molecule has 0 radical (unpaired) electrons. The summed E-state index contributed by atoms with van der Waals surface area (Å²) in [6.07, 6.45) is 15.2. The lowest BCUT2D eigenvalue weighted by Crippen LogP contribution is -2.48. The summed E-state index contributed by atoms with van der Waals surface area (Å²) in [5.74, 6) is 0.522. The molecule has 10 nitrogen and oxygen atoms in total. The third-order valence-corrected chi connectivity index (χ3v) is 10.1. The van der Waals surface area contributed by atoms with E-state index in [-0.39, 0.29) is 19.0 Å². The van der Waals surface area contributed by atoms with Gasteiger partial charge in [-0.1, -0.05) is 96.0 Å². The molecule has 0 bridgehead atoms. The molecule has 2 aliphatic carbocycles. The zero-order chi connectivity index (χ0) is 43.0. The van der Waals surface area contributed by atoms with Gasteiger partial charge in [-0.25, -0.2) is 0 Å². The molecule has 2 aromatic carbocycles. The molecular weight excluding hydrogens is 715 g/mol. The number of nitrogens with one attached hydrogen (secondary N) is 4. The first-order valence-electron chi connectivity index (χ1n) is 20.8. The lowest BCUT2D eigenvalue weighted by Gasteiger charge is -2.33. The minimum Gasteiger partial charge on any atom is -0.496 e. The number of carbonyl (C=O) groups excluding carboxylic acids is 2. The molecule has 10 heteroatoms. The first-order chi connectivity index (χ1) is 27.2. The molecule has 0 heterocycles. The molecule has 1 fully saturated rings. The molecule has 1 amide bonds. The zero-order valence-electron chi connectivity index (χ0n) is 37.1. The van der Waals surface area contributed by atoms with Crippen LogP contribution in [0.4, 0.5) is 5.69 Å². The Balaban J connectivity index is 0.000000985. The minimum atomic E-state index is -1.10. The van der Waals surface area contributed by atoms with Gasteiger partial charge >= 0.3 is 0 Å². The molecular formula is C47H77N5O5. The molecule has 6 N–H and O–H groups in total. The number of rotatable bonds is 17. The van der Waals surface area contributed by atoms with Crippen LogP contribution in [0.5, 0.6) is 5.75 Å². The van der Waals surface area contributed by atoms with Gasteiger partial charge in [-0.2, -0.15) is 0 Å². The van der Waals surface area contributed by atoms with Gasteiger partial charge in [0.1, 0.15) is 12.0 Å². The van der Waals surface area contributed by atoms with Crippen molar-refractivity contribution in [2.45, 2.75) is 105 Å². The molecule has 4 rings (SSSR count). The molecule has 1 saturated carbocycles. The number of para-hydroxylation sites is 1. The quantitative estimate of drug-likeness (QED) is 0.0901. The summed E-state index contributed by atoms with van der Waals surface area (Å²) in [4.78, 5) is 25.3. The largest absolute Gasteiger partial charge is 0.496 e. The predicted molar refractivity (Wildman–Crippen MR) is 241 cm³/mol. The number of carbonyl (C=O) groups is 2. The highest BCUT2D eigenvalue weighted by molar-refractivity contribution is 5.80. The minimum absolute atomic E-state index is 0.0645. The number of aliphatic hydroxyl groups excluding tert-OH is 2. The molecule has 320 valence electrons. The summed E-state index contributed by atoms with van der Waals surface area (Å²) in [6.45, 7) is 17.4. The predicted octanol–water partition coefficient (Wildman–Crippen LogP) is 7.50. The number of aliphatic hydroxyl groups is 2. The smallest absolute Gasteiger partial charge is 0.216 e. The number of hydrogen-bond donors (Lipinski definition) is 6. The highest BCUT2D eigenvalue weighted by atomic mass is 16.5. The maximum atomic E-state index is 12.0. The maximum Gasteiger partial charge on any atom is 0.216 e. The molecule has 0 aromatic heterocycles. The van der Waals surface area contributed by atoms with Crippen LogP contribution in [0, 0.1) is 17.3 Å². The Bertz CT molecular complexity index is 1550. The molecule has 4 unspecified atom stereocenters. The fourth-order valence-electron chi connectivity index (χ4n) is 7.18. The monoisotopic (exact) mass is 792 g/mol. The van der Waals surface area contributed by atoms with Crippen LogP contribution in [0.2, 0.25) is 0 Å². The van der Waals surface area contributed by atoms with E-state index in [0.717, 1.165) is 65.4 Å². The van der Waals surface area contributed by atoms with Crippen molar-refractivity contribution in [3.8, 4) is 16.9 Å². The molecule has 2 aromatic rings. The van der Waals surface area contributed by atoms with Crippen molar-refractivity contribution in [3.05, 3.63) is 77.9 Å². The Morgan fingerprint density at radius 3 is 2.35 bits per heavy atom. The van der Waals surface area contributed by atoms with Crippen molar-refractivity contribution in [1.82, 2.24) is 21.3 Å². The number of aldehydes is 1. The third-order valence-electron chi connectivity index (χ3n) is 10.1. The molecule has 4 atom stereocenters. The van der Waals surface area contributed by atoms with Gasteiger partial charge in [0.15, 0.2) is 0 Å². The number of allylic oxidation sites excluding steroid dienone is 3. The van der Waals surface area contributed by atoms with E-state index >= 15 is 0 Å². The second-order valence-corrected chi connectivity index (χ2v) is 15.8. The van der Waals surface area contributed by atoms with Crippen molar-refractivity contribution >= 4 is 23.6 Å². The summed E-state index contributed by atoms with van der Waals surface area (Å²) in [5.41, 5.74) is 7.45. The van der Waals surface area contributed by atoms with Crippen LogP contribution in [0.15, 0.2) is 66.8 Å². The molecule has 0 spiro atoms. The summed E-state index contributed by atoms with van der Waals surface area (Å²) >= 11 is 0. The van der Waals surface area contributed by atoms with Crippen LogP contribution in [0.25, 0.3) is 16.8 Å². The number of amides is 1. The number of benzene rings is 2. The van der Waals surface area contributed by atoms with Gasteiger partial charge in [0.2, 0.25) is 5.91 Å². The van der Waals surface area contributed by atoms with E-state index in [9.17, 15) is 19.8 Å². The van der Waals surface area contributed by atoms with Crippen molar-refractivity contribution in [2.75, 3.05) is 59.9 Å². The van der Waals surface area contributed by atoms with Crippen molar-refractivity contribution in [2.24, 2.45) is 17.3 Å². The molecule has 0 saturated heterocycles.